The number of amides is 5. The number of imidazole rings is 1. The third-order valence-electron chi connectivity index (χ3n) is 14.5. The van der Waals surface area contributed by atoms with E-state index in [-0.39, 0.29) is 67.2 Å². The Kier molecular flexibility index (Phi) is 27.0. The highest BCUT2D eigenvalue weighted by atomic mass is 32.2. The van der Waals surface area contributed by atoms with Crippen LogP contribution in [0.5, 0.6) is 11.5 Å². The van der Waals surface area contributed by atoms with E-state index in [9.17, 15) is 42.7 Å². The molecule has 1 aliphatic rings. The first-order chi connectivity index (χ1) is 41.8. The topological polar surface area (TPSA) is 316 Å². The number of nitrogens with one attached hydrogen (secondary N) is 5. The Morgan fingerprint density at radius 2 is 1.49 bits per heavy atom. The lowest BCUT2D eigenvalue weighted by Crippen LogP contribution is -2.53. The van der Waals surface area contributed by atoms with E-state index < -0.39 is 64.5 Å². The summed E-state index contributed by atoms with van der Waals surface area (Å²) in [6.07, 6.45) is 3.05. The second-order valence-electron chi connectivity index (χ2n) is 21.4. The molecule has 87 heavy (non-hydrogen) atoms. The number of aromatic nitrogens is 4. The third kappa shape index (κ3) is 21.2. The number of fused-ring (bicyclic) bond motifs is 1. The van der Waals surface area contributed by atoms with Crippen molar-refractivity contribution in [2.45, 2.75) is 122 Å². The van der Waals surface area contributed by atoms with Crippen LogP contribution in [0.1, 0.15) is 108 Å². The number of aromatic amines is 1. The molecule has 5 aromatic rings. The number of hydrogen-bond donors (Lipinski definition) is 6. The fraction of sp³-hybridized carbons (Fsp3) is 0.508. The zero-order valence-corrected chi connectivity index (χ0v) is 51.1. The fourth-order valence-corrected chi connectivity index (χ4v) is 10.3. The molecule has 3 aromatic carbocycles. The molecule has 2 aromatic heterocycles. The number of rotatable bonds is 36. The van der Waals surface area contributed by atoms with E-state index in [4.69, 9.17) is 34.2 Å². The number of H-pyrrole nitrogens is 1. The molecule has 1 fully saturated rings. The van der Waals surface area contributed by atoms with Gasteiger partial charge in [-0.15, -0.1) is 0 Å². The molecule has 5 amide bonds. The molecule has 7 N–H and O–H groups in total. The molecule has 6 rings (SSSR count). The first-order valence-corrected chi connectivity index (χ1v) is 30.1. The SMILES string of the molecule is CCC(C)(C)C(=O)C(=O)N1CCCC[C@H]1C(=O)O[C@H](CCc1ccc(OC)c(OC)c1)c1cccc(NC(=O)CCC(=O)NCCCOCCOCCOCCCNC(=O)[C@H](CSc2nc3c(=O)[nH]c(N)nc3n2Cc2ccc(F)cc2)NC(C)=O)c1. The van der Waals surface area contributed by atoms with Crippen LogP contribution in [0.25, 0.3) is 11.2 Å². The Hall–Kier alpha value is -7.94. The Labute approximate surface area is 509 Å². The summed E-state index contributed by atoms with van der Waals surface area (Å²) in [5.74, 6) is -2.71. The number of carbonyl (C=O) groups is 7. The number of nitrogens with zero attached hydrogens (tertiary/aromatic N) is 4. The number of thioether (sulfide) groups is 1. The van der Waals surface area contributed by atoms with Crippen molar-refractivity contribution in [1.82, 2.24) is 40.4 Å². The average Bonchev–Trinajstić information content (AvgIpc) is 2.96. The first-order valence-electron chi connectivity index (χ1n) is 29.1. The summed E-state index contributed by atoms with van der Waals surface area (Å²) in [6, 6.07) is 16.4. The van der Waals surface area contributed by atoms with Crippen molar-refractivity contribution in [2.24, 2.45) is 5.41 Å². The smallest absolute Gasteiger partial charge is 0.329 e. The second-order valence-corrected chi connectivity index (χ2v) is 22.4. The molecule has 26 heteroatoms. The number of hydrogen-bond acceptors (Lipinski definition) is 18. The molecule has 24 nitrogen and oxygen atoms in total. The van der Waals surface area contributed by atoms with Crippen molar-refractivity contribution in [3.8, 4) is 11.5 Å². The van der Waals surface area contributed by atoms with Crippen LogP contribution in [0.15, 0.2) is 76.7 Å². The molecular formula is C61H81FN10O14S. The summed E-state index contributed by atoms with van der Waals surface area (Å²) in [5, 5.41) is 11.5. The standard InChI is InChI=1S/C61H81FN10O14S/c1-7-61(3,4)53(76)57(79)71-28-9-8-15-46(71)58(80)86-47(22-18-40-19-23-48(81-5)49(35-40)82-6)42-13-10-14-44(36-42)67-51(75)25-24-50(74)64-26-11-29-83-31-33-85-34-32-84-30-12-27-65-55(77)45(66-39(2)73)38-87-60-68-52-54(69-59(63)70-56(52)78)72(60)37-41-16-20-43(62)21-17-41/h10,13-14,16-17,19-21,23,35-36,45-47H,7-9,11-12,15,18,22,24-34,37-38H2,1-6H3,(H,64,74)(H,65,77)(H,66,73)(H,67,75)(H3,63,69,70,78)/t45-,46-,47+/m0/s1. The number of esters is 1. The molecule has 3 atom stereocenters. The van der Waals surface area contributed by atoms with Gasteiger partial charge in [-0.1, -0.05) is 62.9 Å². The molecule has 0 bridgehead atoms. The van der Waals surface area contributed by atoms with E-state index in [0.29, 0.717) is 131 Å². The van der Waals surface area contributed by atoms with Gasteiger partial charge in [-0.25, -0.2) is 14.2 Å². The molecule has 0 unspecified atom stereocenters. The summed E-state index contributed by atoms with van der Waals surface area (Å²) >= 11 is 1.13. The number of Topliss-reactive ketones (excluding diaryl/α,β-unsaturated/α-hetero) is 1. The van der Waals surface area contributed by atoms with Crippen LogP contribution in [0.2, 0.25) is 0 Å². The summed E-state index contributed by atoms with van der Waals surface area (Å²) in [5.41, 5.74) is 7.29. The van der Waals surface area contributed by atoms with Crippen LogP contribution >= 0.6 is 11.8 Å². The molecule has 0 saturated carbocycles. The number of aryl methyl sites for hydroxylation is 1. The fourth-order valence-electron chi connectivity index (χ4n) is 9.27. The van der Waals surface area contributed by atoms with E-state index in [1.54, 1.807) is 75.1 Å². The minimum Gasteiger partial charge on any atom is -0.493 e. The van der Waals surface area contributed by atoms with Crippen molar-refractivity contribution in [1.29, 1.82) is 0 Å². The second kappa shape index (κ2) is 34.4. The van der Waals surface area contributed by atoms with Crippen molar-refractivity contribution in [3.63, 3.8) is 0 Å². The Morgan fingerprint density at radius 3 is 2.17 bits per heavy atom. The number of nitrogen functional groups attached to an aromatic ring is 1. The number of anilines is 2. The molecule has 1 saturated heterocycles. The molecule has 3 heterocycles. The Balaban J connectivity index is 0.846. The molecular weight excluding hydrogens is 1150 g/mol. The lowest BCUT2D eigenvalue weighted by atomic mass is 9.84. The first kappa shape index (κ1) is 68.2. The normalized spacial score (nSPS) is 14.0. The quantitative estimate of drug-likeness (QED) is 0.0123. The number of carbonyl (C=O) groups excluding carboxylic acids is 7. The van der Waals surface area contributed by atoms with Crippen LogP contribution < -0.4 is 42.0 Å². The molecule has 472 valence electrons. The third-order valence-corrected chi connectivity index (χ3v) is 15.5. The highest BCUT2D eigenvalue weighted by Crippen LogP contribution is 2.33. The van der Waals surface area contributed by atoms with Gasteiger partial charge in [-0.3, -0.25) is 43.1 Å². The van der Waals surface area contributed by atoms with E-state index in [0.717, 1.165) is 17.3 Å². The van der Waals surface area contributed by atoms with Gasteiger partial charge in [0.1, 0.15) is 24.0 Å². The van der Waals surface area contributed by atoms with Gasteiger partial charge in [0.25, 0.3) is 11.5 Å². The minimum atomic E-state index is -0.942. The summed E-state index contributed by atoms with van der Waals surface area (Å²) < 4.78 is 49.3. The monoisotopic (exact) mass is 1230 g/mol. The van der Waals surface area contributed by atoms with Crippen molar-refractivity contribution in [2.75, 3.05) is 90.3 Å². The van der Waals surface area contributed by atoms with E-state index in [1.807, 2.05) is 19.1 Å². The number of piperidine rings is 1. The van der Waals surface area contributed by atoms with Gasteiger partial charge >= 0.3 is 5.97 Å². The summed E-state index contributed by atoms with van der Waals surface area (Å²) in [4.78, 5) is 117. The van der Waals surface area contributed by atoms with Gasteiger partial charge in [-0.05, 0) is 104 Å². The minimum absolute atomic E-state index is 0.0375. The number of methoxy groups -OCH3 is 2. The number of benzene rings is 3. The van der Waals surface area contributed by atoms with Gasteiger partial charge in [0.15, 0.2) is 27.8 Å². The van der Waals surface area contributed by atoms with Crippen LogP contribution in [-0.2, 0) is 65.5 Å². The number of halogens is 1. The zero-order chi connectivity index (χ0) is 62.9. The van der Waals surface area contributed by atoms with E-state index in [1.165, 1.54) is 24.0 Å². The number of likely N-dealkylation sites (tertiary alicyclic amines) is 1. The molecule has 0 spiro atoms. The number of ketones is 1. The molecule has 0 aliphatic carbocycles. The van der Waals surface area contributed by atoms with Gasteiger partial charge in [0.05, 0.1) is 47.2 Å². The average molecular weight is 1230 g/mol. The Morgan fingerprint density at radius 1 is 0.828 bits per heavy atom. The molecule has 0 radical (unpaired) electrons. The lowest BCUT2D eigenvalue weighted by Gasteiger charge is -2.36. The van der Waals surface area contributed by atoms with Crippen molar-refractivity contribution >= 4 is 75.8 Å². The number of nitrogens with two attached hydrogens (primary N) is 1. The maximum Gasteiger partial charge on any atom is 0.329 e. The van der Waals surface area contributed by atoms with Crippen LogP contribution in [-0.4, -0.2) is 157 Å². The Bertz CT molecular complexity index is 3200. The summed E-state index contributed by atoms with van der Waals surface area (Å²) in [6.45, 7) is 9.63. The summed E-state index contributed by atoms with van der Waals surface area (Å²) in [7, 11) is 3.10. The van der Waals surface area contributed by atoms with Gasteiger partial charge in [0, 0.05) is 69.5 Å². The van der Waals surface area contributed by atoms with Crippen molar-refractivity contribution < 1.29 is 66.4 Å². The number of ether oxygens (including phenoxy) is 6. The van der Waals surface area contributed by atoms with Crippen LogP contribution in [0.3, 0.4) is 0 Å². The highest BCUT2D eigenvalue weighted by molar-refractivity contribution is 7.99. The maximum absolute atomic E-state index is 14.1. The zero-order valence-electron chi connectivity index (χ0n) is 50.3. The highest BCUT2D eigenvalue weighted by Gasteiger charge is 2.41. The van der Waals surface area contributed by atoms with Gasteiger partial charge < -0.3 is 60.3 Å². The predicted octanol–water partition coefficient (Wildman–Crippen LogP) is 5.59. The maximum atomic E-state index is 14.1. The van der Waals surface area contributed by atoms with Gasteiger partial charge in [-0.2, -0.15) is 4.98 Å². The van der Waals surface area contributed by atoms with E-state index >= 15 is 0 Å². The van der Waals surface area contributed by atoms with Crippen LogP contribution in [0.4, 0.5) is 16.0 Å². The van der Waals surface area contributed by atoms with E-state index in [2.05, 4.69) is 36.2 Å². The lowest BCUT2D eigenvalue weighted by molar-refractivity contribution is -0.164. The molecule has 1 aliphatic heterocycles. The van der Waals surface area contributed by atoms with Crippen LogP contribution in [0, 0.1) is 11.2 Å². The predicted molar refractivity (Wildman–Crippen MR) is 324 cm³/mol. The largest absolute Gasteiger partial charge is 0.493 e. The van der Waals surface area contributed by atoms with Gasteiger partial charge in [0.2, 0.25) is 35.4 Å². The van der Waals surface area contributed by atoms with Crippen molar-refractivity contribution in [3.05, 3.63) is 99.6 Å².